The van der Waals surface area contributed by atoms with Crippen LogP contribution in [0.15, 0.2) is 65.6 Å². The van der Waals surface area contributed by atoms with Crippen LogP contribution in [0.5, 0.6) is 5.75 Å². The number of nitrogens with one attached hydrogen (secondary N) is 1. The summed E-state index contributed by atoms with van der Waals surface area (Å²) in [5.74, 6) is 0.198. The third-order valence-electron chi connectivity index (χ3n) is 5.59. The van der Waals surface area contributed by atoms with Crippen molar-refractivity contribution in [3.63, 3.8) is 0 Å². The molecule has 4 aromatic rings. The molecule has 1 amide bonds. The summed E-state index contributed by atoms with van der Waals surface area (Å²) in [6, 6.07) is 17.3. The van der Waals surface area contributed by atoms with E-state index in [1.807, 2.05) is 38.1 Å². The van der Waals surface area contributed by atoms with Gasteiger partial charge in [0.05, 0.1) is 27.6 Å². The van der Waals surface area contributed by atoms with E-state index >= 15 is 0 Å². The van der Waals surface area contributed by atoms with Crippen LogP contribution < -0.4 is 14.4 Å². The molecule has 1 N–H and O–H groups in total. The van der Waals surface area contributed by atoms with E-state index in [0.717, 1.165) is 26.9 Å². The van der Waals surface area contributed by atoms with Crippen LogP contribution in [0.25, 0.3) is 10.1 Å². The molecule has 0 fully saturated rings. The van der Waals surface area contributed by atoms with Crippen LogP contribution in [0, 0.1) is 13.8 Å². The molecule has 0 unspecified atom stereocenters. The molecule has 0 aliphatic heterocycles. The summed E-state index contributed by atoms with van der Waals surface area (Å²) in [6.07, 6.45) is 0. The van der Waals surface area contributed by atoms with Crippen molar-refractivity contribution in [1.82, 2.24) is 0 Å². The van der Waals surface area contributed by atoms with E-state index in [9.17, 15) is 13.2 Å². The molecule has 0 aliphatic rings. The minimum Gasteiger partial charge on any atom is -0.495 e. The minimum absolute atomic E-state index is 0.0554. The number of thiophene rings is 1. The van der Waals surface area contributed by atoms with Gasteiger partial charge in [-0.25, -0.2) is 8.42 Å². The van der Waals surface area contributed by atoms with Crippen molar-refractivity contribution in [1.29, 1.82) is 0 Å². The van der Waals surface area contributed by atoms with E-state index in [1.165, 1.54) is 48.0 Å². The normalized spacial score (nSPS) is 11.4. The molecule has 0 radical (unpaired) electrons. The van der Waals surface area contributed by atoms with Gasteiger partial charge in [-0.05, 0) is 72.8 Å². The van der Waals surface area contributed by atoms with Gasteiger partial charge in [0.25, 0.3) is 15.9 Å². The van der Waals surface area contributed by atoms with Gasteiger partial charge in [-0.2, -0.15) is 0 Å². The van der Waals surface area contributed by atoms with E-state index < -0.39 is 10.0 Å². The van der Waals surface area contributed by atoms with Gasteiger partial charge in [0.1, 0.15) is 5.75 Å². The van der Waals surface area contributed by atoms with Crippen molar-refractivity contribution < 1.29 is 17.9 Å². The highest BCUT2D eigenvalue weighted by atomic mass is 35.5. The Morgan fingerprint density at radius 1 is 1.03 bits per heavy atom. The highest BCUT2D eigenvalue weighted by Crippen LogP contribution is 2.33. The molecule has 0 saturated carbocycles. The van der Waals surface area contributed by atoms with Crippen molar-refractivity contribution >= 4 is 60.3 Å². The zero-order chi connectivity index (χ0) is 24.6. The first kappa shape index (κ1) is 24.1. The Morgan fingerprint density at radius 2 is 1.74 bits per heavy atom. The van der Waals surface area contributed by atoms with E-state index in [-0.39, 0.29) is 15.8 Å². The van der Waals surface area contributed by atoms with Gasteiger partial charge >= 0.3 is 0 Å². The van der Waals surface area contributed by atoms with Crippen molar-refractivity contribution in [3.8, 4) is 5.75 Å². The maximum Gasteiger partial charge on any atom is 0.265 e. The lowest BCUT2D eigenvalue weighted by Crippen LogP contribution is -2.26. The molecule has 0 aliphatic carbocycles. The summed E-state index contributed by atoms with van der Waals surface area (Å²) in [4.78, 5) is 13.5. The molecule has 4 rings (SSSR count). The minimum atomic E-state index is -3.85. The standard InChI is InChI=1S/C25H23ClN2O4S2/c1-15-6-5-7-16(2)24(15)27-25(29)23-13-17-12-18(8-11-22(17)33-23)28(3)34(30,31)19-9-10-21(32-4)20(26)14-19/h5-14H,1-4H3,(H,27,29). The molecule has 9 heteroatoms. The number of benzene rings is 3. The van der Waals surface area contributed by atoms with Gasteiger partial charge in [0.15, 0.2) is 0 Å². The van der Waals surface area contributed by atoms with E-state index in [2.05, 4.69) is 5.32 Å². The molecule has 0 spiro atoms. The monoisotopic (exact) mass is 514 g/mol. The lowest BCUT2D eigenvalue weighted by Gasteiger charge is -2.20. The zero-order valence-electron chi connectivity index (χ0n) is 19.0. The Kier molecular flexibility index (Phi) is 6.58. The number of para-hydroxylation sites is 1. The van der Waals surface area contributed by atoms with Crippen LogP contribution in [0.2, 0.25) is 5.02 Å². The summed E-state index contributed by atoms with van der Waals surface area (Å²) in [5.41, 5.74) is 3.25. The van der Waals surface area contributed by atoms with E-state index in [4.69, 9.17) is 16.3 Å². The quantitative estimate of drug-likeness (QED) is 0.329. The predicted molar refractivity (Wildman–Crippen MR) is 139 cm³/mol. The fourth-order valence-electron chi connectivity index (χ4n) is 3.63. The molecular weight excluding hydrogens is 492 g/mol. The Labute approximate surface area is 207 Å². The number of halogens is 1. The molecule has 0 atom stereocenters. The number of anilines is 2. The number of ether oxygens (including phenoxy) is 1. The number of carbonyl (C=O) groups is 1. The van der Waals surface area contributed by atoms with Gasteiger partial charge in [0.2, 0.25) is 0 Å². The second kappa shape index (κ2) is 9.29. The molecular formula is C25H23ClN2O4S2. The fraction of sp³-hybridized carbons (Fsp3) is 0.160. The second-order valence-electron chi connectivity index (χ2n) is 7.82. The topological polar surface area (TPSA) is 75.7 Å². The van der Waals surface area contributed by atoms with Gasteiger partial charge in [-0.3, -0.25) is 9.10 Å². The summed E-state index contributed by atoms with van der Waals surface area (Å²) in [7, 11) is -0.902. The van der Waals surface area contributed by atoms with Crippen LogP contribution in [0.3, 0.4) is 0 Å². The molecule has 1 heterocycles. The first-order chi connectivity index (χ1) is 16.1. The number of rotatable bonds is 6. The van der Waals surface area contributed by atoms with Crippen molar-refractivity contribution in [3.05, 3.63) is 81.7 Å². The van der Waals surface area contributed by atoms with Gasteiger partial charge in [0, 0.05) is 17.4 Å². The number of methoxy groups -OCH3 is 1. The number of sulfonamides is 1. The Bertz CT molecular complexity index is 1490. The fourth-order valence-corrected chi connectivity index (χ4v) is 6.10. The Balaban J connectivity index is 1.63. The summed E-state index contributed by atoms with van der Waals surface area (Å²) in [6.45, 7) is 3.90. The average molecular weight is 515 g/mol. The maximum atomic E-state index is 13.2. The van der Waals surface area contributed by atoms with E-state index in [0.29, 0.717) is 16.3 Å². The molecule has 3 aromatic carbocycles. The molecule has 34 heavy (non-hydrogen) atoms. The van der Waals surface area contributed by atoms with Crippen molar-refractivity contribution in [2.24, 2.45) is 0 Å². The number of hydrogen-bond acceptors (Lipinski definition) is 5. The number of amides is 1. The number of hydrogen-bond donors (Lipinski definition) is 1. The SMILES string of the molecule is COc1ccc(S(=O)(=O)N(C)c2ccc3sc(C(=O)Nc4c(C)cccc4C)cc3c2)cc1Cl. The van der Waals surface area contributed by atoms with Crippen molar-refractivity contribution in [2.45, 2.75) is 18.7 Å². The predicted octanol–water partition coefficient (Wildman–Crippen LogP) is 6.26. The van der Waals surface area contributed by atoms with Crippen LogP contribution in [-0.2, 0) is 10.0 Å². The van der Waals surface area contributed by atoms with Crippen LogP contribution in [0.1, 0.15) is 20.8 Å². The van der Waals surface area contributed by atoms with Gasteiger partial charge < -0.3 is 10.1 Å². The Morgan fingerprint density at radius 3 is 2.38 bits per heavy atom. The molecule has 0 saturated heterocycles. The van der Waals surface area contributed by atoms with E-state index in [1.54, 1.807) is 18.2 Å². The largest absolute Gasteiger partial charge is 0.495 e. The summed E-state index contributed by atoms with van der Waals surface area (Å²) >= 11 is 7.49. The first-order valence-electron chi connectivity index (χ1n) is 10.4. The summed E-state index contributed by atoms with van der Waals surface area (Å²) < 4.78 is 33.5. The van der Waals surface area contributed by atoms with Gasteiger partial charge in [-0.15, -0.1) is 11.3 Å². The molecule has 1 aromatic heterocycles. The number of fused-ring (bicyclic) bond motifs is 1. The average Bonchev–Trinajstić information content (AvgIpc) is 3.24. The summed E-state index contributed by atoms with van der Waals surface area (Å²) in [5, 5.41) is 3.99. The van der Waals surface area contributed by atoms with Crippen LogP contribution >= 0.6 is 22.9 Å². The second-order valence-corrected chi connectivity index (χ2v) is 11.3. The highest BCUT2D eigenvalue weighted by Gasteiger charge is 2.23. The highest BCUT2D eigenvalue weighted by molar-refractivity contribution is 7.92. The first-order valence-corrected chi connectivity index (χ1v) is 13.0. The lowest BCUT2D eigenvalue weighted by molar-refractivity contribution is 0.103. The van der Waals surface area contributed by atoms with Crippen LogP contribution in [0.4, 0.5) is 11.4 Å². The maximum absolute atomic E-state index is 13.2. The molecule has 6 nitrogen and oxygen atoms in total. The van der Waals surface area contributed by atoms with Gasteiger partial charge in [-0.1, -0.05) is 29.8 Å². The third-order valence-corrected chi connectivity index (χ3v) is 8.78. The lowest BCUT2D eigenvalue weighted by atomic mass is 10.1. The van der Waals surface area contributed by atoms with Crippen molar-refractivity contribution in [2.75, 3.05) is 23.8 Å². The number of aryl methyl sites for hydroxylation is 2. The number of carbonyl (C=O) groups excluding carboxylic acids is 1. The number of nitrogens with zero attached hydrogens (tertiary/aromatic N) is 1. The van der Waals surface area contributed by atoms with Crippen LogP contribution in [-0.4, -0.2) is 28.5 Å². The zero-order valence-corrected chi connectivity index (χ0v) is 21.4. The molecule has 176 valence electrons. The molecule has 0 bridgehead atoms. The Hall–Kier alpha value is -3.07. The third kappa shape index (κ3) is 4.49. The smallest absolute Gasteiger partial charge is 0.265 e.